The number of nitrogens with one attached hydrogen (secondary N) is 1. The first kappa shape index (κ1) is 13.8. The molecule has 1 aromatic rings. The van der Waals surface area contributed by atoms with Crippen LogP contribution in [0, 0.1) is 11.6 Å². The van der Waals surface area contributed by atoms with E-state index >= 15 is 0 Å². The van der Waals surface area contributed by atoms with E-state index in [2.05, 4.69) is 36.0 Å². The van der Waals surface area contributed by atoms with Crippen LogP contribution in [0.3, 0.4) is 0 Å². The molecule has 0 aromatic carbocycles. The molecule has 0 amide bonds. The number of piperidine rings is 1. The first-order chi connectivity index (χ1) is 8.72. The Hall–Kier alpha value is -0.670. The zero-order valence-corrected chi connectivity index (χ0v) is 12.4. The zero-order chi connectivity index (χ0) is 13.0. The monoisotopic (exact) mass is 264 g/mol. The van der Waals surface area contributed by atoms with Gasteiger partial charge >= 0.3 is 0 Å². The van der Waals surface area contributed by atoms with Gasteiger partial charge in [-0.25, -0.2) is 0 Å². The highest BCUT2D eigenvalue weighted by atomic mass is 32.1. The molecule has 1 fully saturated rings. The van der Waals surface area contributed by atoms with Gasteiger partial charge in [0.2, 0.25) is 0 Å². The van der Waals surface area contributed by atoms with E-state index in [9.17, 15) is 0 Å². The van der Waals surface area contributed by atoms with Gasteiger partial charge in [0.15, 0.2) is 0 Å². The molecule has 0 aliphatic carbocycles. The van der Waals surface area contributed by atoms with Crippen molar-refractivity contribution in [3.8, 4) is 0 Å². The molecule has 0 saturated carbocycles. The van der Waals surface area contributed by atoms with Crippen LogP contribution in [-0.4, -0.2) is 23.0 Å². The molecule has 1 atom stereocenters. The zero-order valence-electron chi connectivity index (χ0n) is 11.5. The van der Waals surface area contributed by atoms with Gasteiger partial charge in [0.05, 0.1) is 0 Å². The van der Waals surface area contributed by atoms with E-state index in [1.54, 1.807) is 0 Å². The molecule has 0 bridgehead atoms. The molecule has 1 saturated heterocycles. The molecular weight excluding hydrogens is 240 g/mol. The number of hydrogen-bond donors (Lipinski definition) is 1. The minimum absolute atomic E-state index is 0.595. The maximum atomic E-state index is 5.19. The number of likely N-dealkylation sites (tertiary alicyclic amines) is 1. The van der Waals surface area contributed by atoms with Crippen LogP contribution in [0.1, 0.15) is 56.2 Å². The van der Waals surface area contributed by atoms with Crippen molar-refractivity contribution in [2.75, 3.05) is 13.1 Å². The van der Waals surface area contributed by atoms with E-state index in [0.29, 0.717) is 6.04 Å². The number of hydrogen-bond acceptors (Lipinski definition) is 2. The van der Waals surface area contributed by atoms with Gasteiger partial charge in [-0.15, -0.1) is 0 Å². The van der Waals surface area contributed by atoms with Gasteiger partial charge < -0.3 is 4.98 Å². The van der Waals surface area contributed by atoms with Crippen LogP contribution in [0.2, 0.25) is 0 Å². The summed E-state index contributed by atoms with van der Waals surface area (Å²) >= 11 is 5.19. The Balaban J connectivity index is 2.19. The largest absolute Gasteiger partial charge is 0.353 e. The van der Waals surface area contributed by atoms with Crippen molar-refractivity contribution in [1.29, 1.82) is 0 Å². The quantitative estimate of drug-likeness (QED) is 0.814. The number of pyridine rings is 1. The van der Waals surface area contributed by atoms with Crippen molar-refractivity contribution in [2.45, 2.75) is 52.0 Å². The summed E-state index contributed by atoms with van der Waals surface area (Å²) in [5.74, 6) is 0. The number of aromatic amines is 1. The summed E-state index contributed by atoms with van der Waals surface area (Å²) in [6, 6.07) is 2.69. The highest BCUT2D eigenvalue weighted by Crippen LogP contribution is 2.32. The van der Waals surface area contributed by atoms with Crippen LogP contribution in [0.5, 0.6) is 0 Å². The Morgan fingerprint density at radius 2 is 2.28 bits per heavy atom. The maximum Gasteiger partial charge on any atom is 0.103 e. The van der Waals surface area contributed by atoms with E-state index in [4.69, 9.17) is 12.2 Å². The molecule has 0 spiro atoms. The predicted octanol–water partition coefficient (Wildman–Crippen LogP) is 4.38. The summed E-state index contributed by atoms with van der Waals surface area (Å²) in [7, 11) is 0. The third-order valence-corrected chi connectivity index (χ3v) is 4.18. The Morgan fingerprint density at radius 3 is 3.00 bits per heavy atom. The average molecular weight is 264 g/mol. The summed E-state index contributed by atoms with van der Waals surface area (Å²) in [4.78, 5) is 5.86. The number of nitrogens with zero attached hydrogens (tertiary/aromatic N) is 1. The molecular formula is C15H24N2S. The van der Waals surface area contributed by atoms with E-state index in [1.807, 2.05) is 0 Å². The molecule has 2 rings (SSSR count). The second kappa shape index (κ2) is 6.48. The Kier molecular flexibility index (Phi) is 4.95. The first-order valence-corrected chi connectivity index (χ1v) is 7.56. The summed E-state index contributed by atoms with van der Waals surface area (Å²) in [5.41, 5.74) is 2.78. The highest BCUT2D eigenvalue weighted by molar-refractivity contribution is 7.71. The predicted molar refractivity (Wildman–Crippen MR) is 79.4 cm³/mol. The van der Waals surface area contributed by atoms with Gasteiger partial charge in [0, 0.05) is 12.2 Å². The summed E-state index contributed by atoms with van der Waals surface area (Å²) < 4.78 is 0.840. The number of H-pyrrole nitrogens is 1. The summed E-state index contributed by atoms with van der Waals surface area (Å²) in [6.07, 6.45) is 8.70. The van der Waals surface area contributed by atoms with E-state index in [0.717, 1.165) is 4.64 Å². The molecule has 1 aromatic heterocycles. The number of aryl methyl sites for hydroxylation is 1. The fraction of sp³-hybridized carbons (Fsp3) is 0.667. The topological polar surface area (TPSA) is 19.0 Å². The highest BCUT2D eigenvalue weighted by Gasteiger charge is 2.24. The minimum atomic E-state index is 0.595. The third-order valence-electron chi connectivity index (χ3n) is 3.94. The molecule has 0 radical (unpaired) electrons. The van der Waals surface area contributed by atoms with Crippen LogP contribution in [-0.2, 0) is 0 Å². The molecule has 3 heteroatoms. The Bertz CT molecular complexity index is 438. The fourth-order valence-electron chi connectivity index (χ4n) is 2.92. The SMILES string of the molecule is CCCCN1CCCCC1c1c[nH]c(=S)cc1C. The molecule has 1 aliphatic rings. The lowest BCUT2D eigenvalue weighted by molar-refractivity contribution is 0.146. The third kappa shape index (κ3) is 3.21. The number of unbranched alkanes of at least 4 members (excludes halogenated alkanes) is 1. The van der Waals surface area contributed by atoms with Crippen molar-refractivity contribution in [3.63, 3.8) is 0 Å². The van der Waals surface area contributed by atoms with E-state index < -0.39 is 0 Å². The molecule has 1 unspecified atom stereocenters. The minimum Gasteiger partial charge on any atom is -0.353 e. The molecule has 2 heterocycles. The number of rotatable bonds is 4. The molecule has 1 N–H and O–H groups in total. The molecule has 18 heavy (non-hydrogen) atoms. The first-order valence-electron chi connectivity index (χ1n) is 7.15. The van der Waals surface area contributed by atoms with Gasteiger partial charge in [-0.3, -0.25) is 4.90 Å². The lowest BCUT2D eigenvalue weighted by Gasteiger charge is -2.36. The van der Waals surface area contributed by atoms with Crippen molar-refractivity contribution in [3.05, 3.63) is 28.0 Å². The Morgan fingerprint density at radius 1 is 1.44 bits per heavy atom. The summed E-state index contributed by atoms with van der Waals surface area (Å²) in [5, 5.41) is 0. The van der Waals surface area contributed by atoms with Gasteiger partial charge in [-0.05, 0) is 56.5 Å². The van der Waals surface area contributed by atoms with Crippen molar-refractivity contribution in [2.24, 2.45) is 0 Å². The van der Waals surface area contributed by atoms with Crippen LogP contribution in [0.15, 0.2) is 12.3 Å². The smallest absolute Gasteiger partial charge is 0.103 e. The molecule has 2 nitrogen and oxygen atoms in total. The Labute approximate surface area is 115 Å². The van der Waals surface area contributed by atoms with Crippen LogP contribution in [0.4, 0.5) is 0 Å². The van der Waals surface area contributed by atoms with Crippen molar-refractivity contribution in [1.82, 2.24) is 9.88 Å². The fourth-order valence-corrected chi connectivity index (χ4v) is 3.15. The van der Waals surface area contributed by atoms with Gasteiger partial charge in [0.25, 0.3) is 0 Å². The maximum absolute atomic E-state index is 5.19. The van der Waals surface area contributed by atoms with Crippen LogP contribution >= 0.6 is 12.2 Å². The van der Waals surface area contributed by atoms with Crippen molar-refractivity contribution >= 4 is 12.2 Å². The lowest BCUT2D eigenvalue weighted by atomic mass is 9.93. The second-order valence-electron chi connectivity index (χ2n) is 5.34. The molecule has 1 aliphatic heterocycles. The molecule has 100 valence electrons. The normalized spacial score (nSPS) is 21.1. The van der Waals surface area contributed by atoms with Gasteiger partial charge in [-0.2, -0.15) is 0 Å². The summed E-state index contributed by atoms with van der Waals surface area (Å²) in [6.45, 7) is 6.94. The van der Waals surface area contributed by atoms with E-state index in [-0.39, 0.29) is 0 Å². The van der Waals surface area contributed by atoms with Crippen LogP contribution in [0.25, 0.3) is 0 Å². The van der Waals surface area contributed by atoms with E-state index in [1.165, 1.54) is 56.3 Å². The van der Waals surface area contributed by atoms with Gasteiger partial charge in [0.1, 0.15) is 4.64 Å². The lowest BCUT2D eigenvalue weighted by Crippen LogP contribution is -2.34. The standard InChI is InChI=1S/C15H24N2S/c1-3-4-8-17-9-6-5-7-14(17)13-11-16-15(18)10-12(13)2/h10-11,14H,3-9H2,1-2H3,(H,16,18). The number of aromatic nitrogens is 1. The van der Waals surface area contributed by atoms with Crippen molar-refractivity contribution < 1.29 is 0 Å². The van der Waals surface area contributed by atoms with Crippen LogP contribution < -0.4 is 0 Å². The van der Waals surface area contributed by atoms with Gasteiger partial charge in [-0.1, -0.05) is 32.0 Å². The average Bonchev–Trinajstić information content (AvgIpc) is 2.37. The second-order valence-corrected chi connectivity index (χ2v) is 5.78.